The number of nitrogens with zero attached hydrogens (tertiary/aromatic N) is 2. The highest BCUT2D eigenvalue weighted by molar-refractivity contribution is 7.89. The normalized spacial score (nSPS) is 16.0. The van der Waals surface area contributed by atoms with Gasteiger partial charge in [0, 0.05) is 37.0 Å². The molecule has 1 atom stereocenters. The van der Waals surface area contributed by atoms with Crippen molar-refractivity contribution in [3.8, 4) is 0 Å². The van der Waals surface area contributed by atoms with E-state index in [1.165, 1.54) is 23.4 Å². The van der Waals surface area contributed by atoms with Crippen LogP contribution in [0, 0.1) is 5.92 Å². The quantitative estimate of drug-likeness (QED) is 0.525. The number of ketones is 1. The summed E-state index contributed by atoms with van der Waals surface area (Å²) in [5, 5.41) is 3.15. The smallest absolute Gasteiger partial charge is 0.243 e. The van der Waals surface area contributed by atoms with Crippen LogP contribution < -0.4 is 5.32 Å². The van der Waals surface area contributed by atoms with Gasteiger partial charge in [-0.3, -0.25) is 14.6 Å². The lowest BCUT2D eigenvalue weighted by Crippen LogP contribution is -2.43. The van der Waals surface area contributed by atoms with Crippen LogP contribution in [-0.2, 0) is 14.8 Å². The Balaban J connectivity index is 1.45. The number of pyridine rings is 1. The number of Topliss-reactive ketones (excluding diaryl/α,β-unsaturated/α-hetero) is 1. The van der Waals surface area contributed by atoms with Crippen molar-refractivity contribution < 1.29 is 18.0 Å². The van der Waals surface area contributed by atoms with Crippen molar-refractivity contribution in [3.63, 3.8) is 0 Å². The van der Waals surface area contributed by atoms with Crippen LogP contribution in [0.1, 0.15) is 47.3 Å². The van der Waals surface area contributed by atoms with Crippen LogP contribution in [0.4, 0.5) is 0 Å². The fourth-order valence-corrected chi connectivity index (χ4v) is 5.72. The summed E-state index contributed by atoms with van der Waals surface area (Å²) in [5.41, 5.74) is 2.26. The molecule has 0 saturated carbocycles. The van der Waals surface area contributed by atoms with E-state index >= 15 is 0 Å². The second-order valence-corrected chi connectivity index (χ2v) is 10.3. The zero-order valence-corrected chi connectivity index (χ0v) is 19.7. The van der Waals surface area contributed by atoms with E-state index in [2.05, 4.69) is 10.3 Å². The lowest BCUT2D eigenvalue weighted by atomic mass is 9.94. The van der Waals surface area contributed by atoms with Crippen LogP contribution in [-0.4, -0.2) is 42.5 Å². The highest BCUT2D eigenvalue weighted by Gasteiger charge is 2.33. The molecule has 0 aliphatic carbocycles. The number of rotatable bonds is 7. The molecule has 2 aromatic carbocycles. The molecule has 0 spiro atoms. The minimum Gasteiger partial charge on any atom is -0.345 e. The van der Waals surface area contributed by atoms with E-state index in [-0.39, 0.29) is 41.6 Å². The lowest BCUT2D eigenvalue weighted by molar-refractivity contribution is -0.126. The molecule has 1 aliphatic heterocycles. The number of hydrogen-bond donors (Lipinski definition) is 1. The SMILES string of the molecule is CC(=O)c1cccc(S(=O)(=O)N2CCC(C(=O)NC(c3ccccc3)c3ccncc3)CC2)c1. The van der Waals surface area contributed by atoms with Gasteiger partial charge >= 0.3 is 0 Å². The molecule has 1 amide bonds. The second-order valence-electron chi connectivity index (χ2n) is 8.40. The van der Waals surface area contributed by atoms with Crippen molar-refractivity contribution >= 4 is 21.7 Å². The third-order valence-electron chi connectivity index (χ3n) is 6.16. The van der Waals surface area contributed by atoms with Crippen molar-refractivity contribution in [2.24, 2.45) is 5.92 Å². The molecule has 0 bridgehead atoms. The Morgan fingerprint density at radius 1 is 0.941 bits per heavy atom. The Morgan fingerprint density at radius 3 is 2.24 bits per heavy atom. The van der Waals surface area contributed by atoms with Crippen molar-refractivity contribution in [2.75, 3.05) is 13.1 Å². The average molecular weight is 478 g/mol. The molecule has 4 rings (SSSR count). The van der Waals surface area contributed by atoms with Crippen molar-refractivity contribution in [1.82, 2.24) is 14.6 Å². The molecule has 1 saturated heterocycles. The lowest BCUT2D eigenvalue weighted by Gasteiger charge is -2.31. The first-order valence-corrected chi connectivity index (χ1v) is 12.7. The van der Waals surface area contributed by atoms with Crippen LogP contribution in [0.25, 0.3) is 0 Å². The fourth-order valence-electron chi connectivity index (χ4n) is 4.20. The summed E-state index contributed by atoms with van der Waals surface area (Å²) in [7, 11) is -3.73. The van der Waals surface area contributed by atoms with Crippen molar-refractivity contribution in [1.29, 1.82) is 0 Å². The molecule has 3 aromatic rings. The van der Waals surface area contributed by atoms with Crippen LogP contribution in [0.3, 0.4) is 0 Å². The minimum atomic E-state index is -3.73. The number of piperidine rings is 1. The van der Waals surface area contributed by atoms with E-state index in [4.69, 9.17) is 0 Å². The van der Waals surface area contributed by atoms with Gasteiger partial charge in [-0.25, -0.2) is 8.42 Å². The molecule has 2 heterocycles. The van der Waals surface area contributed by atoms with E-state index in [9.17, 15) is 18.0 Å². The van der Waals surface area contributed by atoms with E-state index in [0.29, 0.717) is 18.4 Å². The molecular weight excluding hydrogens is 450 g/mol. The number of carbonyl (C=O) groups is 2. The maximum Gasteiger partial charge on any atom is 0.243 e. The number of nitrogens with one attached hydrogen (secondary N) is 1. The molecule has 8 heteroatoms. The highest BCUT2D eigenvalue weighted by Crippen LogP contribution is 2.27. The predicted octanol–water partition coefficient (Wildman–Crippen LogP) is 3.59. The number of aromatic nitrogens is 1. The summed E-state index contributed by atoms with van der Waals surface area (Å²) in [6.07, 6.45) is 4.24. The zero-order valence-electron chi connectivity index (χ0n) is 18.9. The van der Waals surface area contributed by atoms with Gasteiger partial charge in [0.25, 0.3) is 0 Å². The molecule has 1 aromatic heterocycles. The molecular formula is C26H27N3O4S. The predicted molar refractivity (Wildman–Crippen MR) is 129 cm³/mol. The largest absolute Gasteiger partial charge is 0.345 e. The Kier molecular flexibility index (Phi) is 7.19. The van der Waals surface area contributed by atoms with E-state index < -0.39 is 10.0 Å². The molecule has 1 unspecified atom stereocenters. The number of sulfonamides is 1. The van der Waals surface area contributed by atoms with E-state index in [0.717, 1.165) is 11.1 Å². The van der Waals surface area contributed by atoms with Gasteiger partial charge in [-0.05, 0) is 55.2 Å². The summed E-state index contributed by atoms with van der Waals surface area (Å²) < 4.78 is 27.6. The molecule has 1 N–H and O–H groups in total. The van der Waals surface area contributed by atoms with Gasteiger partial charge in [0.1, 0.15) is 0 Å². The van der Waals surface area contributed by atoms with Crippen LogP contribution in [0.5, 0.6) is 0 Å². The highest BCUT2D eigenvalue weighted by atomic mass is 32.2. The maximum atomic E-state index is 13.2. The molecule has 1 fully saturated rings. The van der Waals surface area contributed by atoms with E-state index in [1.54, 1.807) is 24.5 Å². The zero-order chi connectivity index (χ0) is 24.1. The standard InChI is InChI=1S/C26H27N3O4S/c1-19(30)23-8-5-9-24(18-23)34(32,33)29-16-12-22(13-17-29)26(31)28-25(20-6-3-2-4-7-20)21-10-14-27-15-11-21/h2-11,14-15,18,22,25H,12-13,16-17H2,1H3,(H,28,31). The van der Waals surface area contributed by atoms with Gasteiger partial charge in [0.2, 0.25) is 15.9 Å². The Hall–Kier alpha value is -3.36. The topological polar surface area (TPSA) is 96.4 Å². The Labute approximate surface area is 199 Å². The first-order valence-electron chi connectivity index (χ1n) is 11.2. The fraction of sp³-hybridized carbons (Fsp3) is 0.269. The third-order valence-corrected chi connectivity index (χ3v) is 8.06. The molecule has 0 radical (unpaired) electrons. The van der Waals surface area contributed by atoms with Gasteiger partial charge < -0.3 is 5.32 Å². The van der Waals surface area contributed by atoms with Crippen molar-refractivity contribution in [3.05, 3.63) is 95.8 Å². The summed E-state index contributed by atoms with van der Waals surface area (Å²) >= 11 is 0. The Morgan fingerprint density at radius 2 is 1.59 bits per heavy atom. The monoisotopic (exact) mass is 477 g/mol. The summed E-state index contributed by atoms with van der Waals surface area (Å²) in [6.45, 7) is 1.90. The van der Waals surface area contributed by atoms with E-state index in [1.807, 2.05) is 42.5 Å². The number of hydrogen-bond acceptors (Lipinski definition) is 5. The summed E-state index contributed by atoms with van der Waals surface area (Å²) in [6, 6.07) is 19.3. The summed E-state index contributed by atoms with van der Waals surface area (Å²) in [4.78, 5) is 29.0. The van der Waals surface area contributed by atoms with Gasteiger partial charge in [-0.1, -0.05) is 42.5 Å². The number of benzene rings is 2. The molecule has 7 nitrogen and oxygen atoms in total. The molecule has 1 aliphatic rings. The number of carbonyl (C=O) groups excluding carboxylic acids is 2. The molecule has 176 valence electrons. The second kappa shape index (κ2) is 10.3. The molecule has 34 heavy (non-hydrogen) atoms. The van der Waals surface area contributed by atoms with Crippen LogP contribution in [0.15, 0.2) is 84.0 Å². The van der Waals surface area contributed by atoms with Crippen LogP contribution in [0.2, 0.25) is 0 Å². The third kappa shape index (κ3) is 5.24. The summed E-state index contributed by atoms with van der Waals surface area (Å²) in [5.74, 6) is -0.570. The van der Waals surface area contributed by atoms with Crippen LogP contribution >= 0.6 is 0 Å². The first kappa shape index (κ1) is 23.8. The van der Waals surface area contributed by atoms with Crippen molar-refractivity contribution in [2.45, 2.75) is 30.7 Å². The average Bonchev–Trinajstić information content (AvgIpc) is 2.88. The van der Waals surface area contributed by atoms with Gasteiger partial charge in [0.15, 0.2) is 5.78 Å². The van der Waals surface area contributed by atoms with Gasteiger partial charge in [0.05, 0.1) is 10.9 Å². The first-order chi connectivity index (χ1) is 16.4. The maximum absolute atomic E-state index is 13.2. The van der Waals surface area contributed by atoms with Gasteiger partial charge in [-0.2, -0.15) is 4.31 Å². The minimum absolute atomic E-state index is 0.0960. The Bertz CT molecular complexity index is 1220. The van der Waals surface area contributed by atoms with Gasteiger partial charge in [-0.15, -0.1) is 0 Å². The number of amides is 1.